The molecule has 0 unspecified atom stereocenters. The number of nitrogens with zero attached hydrogens (tertiary/aromatic N) is 1. The van der Waals surface area contributed by atoms with Gasteiger partial charge in [0.2, 0.25) is 5.91 Å². The SMILES string of the molecule is CN(C)C(=O)NC1(CC(N)=O)COC1. The van der Waals surface area contributed by atoms with Crippen LogP contribution in [0.3, 0.4) is 0 Å². The molecule has 6 nitrogen and oxygen atoms in total. The largest absolute Gasteiger partial charge is 0.376 e. The number of carbonyl (C=O) groups is 2. The third-order valence-corrected chi connectivity index (χ3v) is 2.05. The van der Waals surface area contributed by atoms with E-state index in [2.05, 4.69) is 5.32 Å². The standard InChI is InChI=1S/C8H15N3O3/c1-11(2)7(13)10-8(3-6(9)12)4-14-5-8/h3-5H2,1-2H3,(H2,9,12)(H,10,13). The predicted molar refractivity (Wildman–Crippen MR) is 49.6 cm³/mol. The second-order valence-corrected chi connectivity index (χ2v) is 3.74. The fourth-order valence-corrected chi connectivity index (χ4v) is 1.24. The molecular weight excluding hydrogens is 186 g/mol. The van der Waals surface area contributed by atoms with E-state index >= 15 is 0 Å². The van der Waals surface area contributed by atoms with Crippen molar-refractivity contribution < 1.29 is 14.3 Å². The van der Waals surface area contributed by atoms with Crippen molar-refractivity contribution in [3.8, 4) is 0 Å². The zero-order chi connectivity index (χ0) is 10.8. The van der Waals surface area contributed by atoms with E-state index in [1.165, 1.54) is 4.90 Å². The highest BCUT2D eigenvalue weighted by Gasteiger charge is 2.41. The van der Waals surface area contributed by atoms with Gasteiger partial charge in [-0.1, -0.05) is 0 Å². The van der Waals surface area contributed by atoms with Gasteiger partial charge in [0, 0.05) is 14.1 Å². The maximum Gasteiger partial charge on any atom is 0.317 e. The number of ether oxygens (including phenoxy) is 1. The highest BCUT2D eigenvalue weighted by Crippen LogP contribution is 2.20. The molecule has 0 aromatic rings. The minimum Gasteiger partial charge on any atom is -0.376 e. The molecule has 1 saturated heterocycles. The molecule has 0 aromatic heterocycles. The van der Waals surface area contributed by atoms with Gasteiger partial charge < -0.3 is 20.7 Å². The maximum atomic E-state index is 11.3. The molecule has 0 bridgehead atoms. The first-order valence-electron chi connectivity index (χ1n) is 4.31. The molecule has 3 amide bonds. The Hall–Kier alpha value is -1.30. The molecule has 0 saturated carbocycles. The monoisotopic (exact) mass is 201 g/mol. The lowest BCUT2D eigenvalue weighted by Gasteiger charge is -2.41. The predicted octanol–water partition coefficient (Wildman–Crippen LogP) is -1.10. The summed E-state index contributed by atoms with van der Waals surface area (Å²) in [5.41, 5.74) is 4.49. The fourth-order valence-electron chi connectivity index (χ4n) is 1.24. The second kappa shape index (κ2) is 3.83. The summed E-state index contributed by atoms with van der Waals surface area (Å²) in [5, 5.41) is 2.72. The van der Waals surface area contributed by atoms with Crippen molar-refractivity contribution in [2.45, 2.75) is 12.0 Å². The summed E-state index contributed by atoms with van der Waals surface area (Å²) in [6.45, 7) is 0.686. The molecule has 3 N–H and O–H groups in total. The normalized spacial score (nSPS) is 18.1. The van der Waals surface area contributed by atoms with E-state index in [0.29, 0.717) is 13.2 Å². The van der Waals surface area contributed by atoms with Gasteiger partial charge in [-0.2, -0.15) is 0 Å². The zero-order valence-electron chi connectivity index (χ0n) is 8.37. The lowest BCUT2D eigenvalue weighted by atomic mass is 9.93. The summed E-state index contributed by atoms with van der Waals surface area (Å²) in [6, 6.07) is -0.241. The zero-order valence-corrected chi connectivity index (χ0v) is 8.37. The topological polar surface area (TPSA) is 84.7 Å². The fraction of sp³-hybridized carbons (Fsp3) is 0.750. The summed E-state index contributed by atoms with van der Waals surface area (Å²) >= 11 is 0. The minimum atomic E-state index is -0.590. The van der Waals surface area contributed by atoms with Crippen LogP contribution in [-0.2, 0) is 9.53 Å². The van der Waals surface area contributed by atoms with E-state index < -0.39 is 11.4 Å². The maximum absolute atomic E-state index is 11.3. The number of rotatable bonds is 3. The third-order valence-electron chi connectivity index (χ3n) is 2.05. The lowest BCUT2D eigenvalue weighted by Crippen LogP contribution is -2.64. The number of nitrogens with two attached hydrogens (primary N) is 1. The molecule has 0 spiro atoms. The Morgan fingerprint density at radius 2 is 2.07 bits per heavy atom. The molecule has 80 valence electrons. The molecule has 0 aliphatic carbocycles. The molecule has 14 heavy (non-hydrogen) atoms. The highest BCUT2D eigenvalue weighted by atomic mass is 16.5. The van der Waals surface area contributed by atoms with Gasteiger partial charge in [0.05, 0.1) is 25.2 Å². The van der Waals surface area contributed by atoms with Gasteiger partial charge in [-0.25, -0.2) is 4.79 Å². The quantitative estimate of drug-likeness (QED) is 0.608. The molecule has 0 aromatic carbocycles. The minimum absolute atomic E-state index is 0.118. The summed E-state index contributed by atoms with van der Waals surface area (Å²) in [7, 11) is 3.26. The van der Waals surface area contributed by atoms with Crippen LogP contribution in [0.5, 0.6) is 0 Å². The van der Waals surface area contributed by atoms with Crippen LogP contribution in [0.25, 0.3) is 0 Å². The van der Waals surface area contributed by atoms with Crippen molar-refractivity contribution in [1.29, 1.82) is 0 Å². The average molecular weight is 201 g/mol. The van der Waals surface area contributed by atoms with Gasteiger partial charge in [-0.3, -0.25) is 4.79 Å². The molecule has 1 aliphatic heterocycles. The Labute approximate surface area is 82.4 Å². The van der Waals surface area contributed by atoms with Crippen molar-refractivity contribution in [1.82, 2.24) is 10.2 Å². The Balaban J connectivity index is 2.53. The van der Waals surface area contributed by atoms with Crippen LogP contribution < -0.4 is 11.1 Å². The van der Waals surface area contributed by atoms with Crippen molar-refractivity contribution in [2.75, 3.05) is 27.3 Å². The van der Waals surface area contributed by atoms with Crippen molar-refractivity contribution in [2.24, 2.45) is 5.73 Å². The Kier molecular flexibility index (Phi) is 2.95. The van der Waals surface area contributed by atoms with Crippen LogP contribution in [0.1, 0.15) is 6.42 Å². The van der Waals surface area contributed by atoms with E-state index in [9.17, 15) is 9.59 Å². The number of amides is 3. The second-order valence-electron chi connectivity index (χ2n) is 3.74. The number of hydrogen-bond acceptors (Lipinski definition) is 3. The summed E-state index contributed by atoms with van der Waals surface area (Å²) in [5.74, 6) is -0.438. The van der Waals surface area contributed by atoms with E-state index in [1.54, 1.807) is 14.1 Å². The number of urea groups is 1. The van der Waals surface area contributed by atoms with E-state index in [-0.39, 0.29) is 12.5 Å². The van der Waals surface area contributed by atoms with Crippen LogP contribution in [0.2, 0.25) is 0 Å². The Morgan fingerprint density at radius 3 is 2.36 bits per heavy atom. The van der Waals surface area contributed by atoms with Crippen LogP contribution in [-0.4, -0.2) is 49.7 Å². The Morgan fingerprint density at radius 1 is 1.50 bits per heavy atom. The summed E-state index contributed by atoms with van der Waals surface area (Å²) < 4.78 is 4.98. The van der Waals surface area contributed by atoms with Gasteiger partial charge in [0.15, 0.2) is 0 Å². The number of carbonyl (C=O) groups excluding carboxylic acids is 2. The van der Waals surface area contributed by atoms with E-state index in [0.717, 1.165) is 0 Å². The molecule has 1 fully saturated rings. The molecule has 1 heterocycles. The molecule has 0 radical (unpaired) electrons. The van der Waals surface area contributed by atoms with Gasteiger partial charge >= 0.3 is 6.03 Å². The van der Waals surface area contributed by atoms with Crippen LogP contribution in [0.4, 0.5) is 4.79 Å². The smallest absolute Gasteiger partial charge is 0.317 e. The molecule has 6 heteroatoms. The van der Waals surface area contributed by atoms with E-state index in [1.807, 2.05) is 0 Å². The van der Waals surface area contributed by atoms with Crippen LogP contribution in [0, 0.1) is 0 Å². The third kappa shape index (κ3) is 2.35. The molecule has 0 atom stereocenters. The van der Waals surface area contributed by atoms with Crippen LogP contribution in [0.15, 0.2) is 0 Å². The van der Waals surface area contributed by atoms with Crippen molar-refractivity contribution in [3.05, 3.63) is 0 Å². The van der Waals surface area contributed by atoms with Gasteiger partial charge in [0.1, 0.15) is 0 Å². The Bertz CT molecular complexity index is 248. The van der Waals surface area contributed by atoms with Crippen LogP contribution >= 0.6 is 0 Å². The average Bonchev–Trinajstić information content (AvgIpc) is 1.99. The van der Waals surface area contributed by atoms with Crippen molar-refractivity contribution in [3.63, 3.8) is 0 Å². The first-order valence-corrected chi connectivity index (χ1v) is 4.31. The lowest BCUT2D eigenvalue weighted by molar-refractivity contribution is -0.127. The first-order chi connectivity index (χ1) is 6.45. The van der Waals surface area contributed by atoms with E-state index in [4.69, 9.17) is 10.5 Å². The molecular formula is C8H15N3O3. The van der Waals surface area contributed by atoms with Crippen molar-refractivity contribution >= 4 is 11.9 Å². The summed E-state index contributed by atoms with van der Waals surface area (Å²) in [6.07, 6.45) is 0.118. The number of hydrogen-bond donors (Lipinski definition) is 2. The highest BCUT2D eigenvalue weighted by molar-refractivity contribution is 5.79. The summed E-state index contributed by atoms with van der Waals surface area (Å²) in [4.78, 5) is 23.5. The number of primary amides is 1. The van der Waals surface area contributed by atoms with Gasteiger partial charge in [-0.05, 0) is 0 Å². The first kappa shape index (κ1) is 10.8. The van der Waals surface area contributed by atoms with Gasteiger partial charge in [-0.15, -0.1) is 0 Å². The number of nitrogens with one attached hydrogen (secondary N) is 1. The molecule has 1 rings (SSSR count). The van der Waals surface area contributed by atoms with Gasteiger partial charge in [0.25, 0.3) is 0 Å². The molecule has 1 aliphatic rings.